The van der Waals surface area contributed by atoms with Crippen LogP contribution in [0.3, 0.4) is 0 Å². The van der Waals surface area contributed by atoms with Crippen molar-refractivity contribution in [2.24, 2.45) is 0 Å². The van der Waals surface area contributed by atoms with Crippen molar-refractivity contribution in [2.45, 2.75) is 31.7 Å². The summed E-state index contributed by atoms with van der Waals surface area (Å²) in [6.07, 6.45) is 0.866. The number of hydrogen-bond acceptors (Lipinski definition) is 4. The molecule has 29 heavy (non-hydrogen) atoms. The summed E-state index contributed by atoms with van der Waals surface area (Å²) < 4.78 is 28.0. The Labute approximate surface area is 175 Å². The van der Waals surface area contributed by atoms with Crippen LogP contribution >= 0.6 is 11.3 Å². The molecule has 0 spiro atoms. The molecule has 0 atom stereocenters. The van der Waals surface area contributed by atoms with Gasteiger partial charge in [0.2, 0.25) is 0 Å². The van der Waals surface area contributed by atoms with Gasteiger partial charge in [0.25, 0.3) is 15.9 Å². The maximum atomic E-state index is 12.8. The maximum absolute atomic E-state index is 12.8. The molecule has 0 radical (unpaired) electrons. The zero-order valence-corrected chi connectivity index (χ0v) is 17.9. The summed E-state index contributed by atoms with van der Waals surface area (Å²) in [6, 6.07) is 13.6. The molecular weight excluding hydrogens is 404 g/mol. The van der Waals surface area contributed by atoms with Crippen molar-refractivity contribution >= 4 is 33.0 Å². The van der Waals surface area contributed by atoms with E-state index in [0.29, 0.717) is 24.3 Å². The molecule has 0 saturated carbocycles. The van der Waals surface area contributed by atoms with Gasteiger partial charge in [-0.1, -0.05) is 6.07 Å². The second kappa shape index (κ2) is 7.65. The topological polar surface area (TPSA) is 66.5 Å². The van der Waals surface area contributed by atoms with Gasteiger partial charge in [-0.05, 0) is 84.8 Å². The fraction of sp³-hybridized carbons (Fsp3) is 0.227. The normalized spacial score (nSPS) is 13.8. The van der Waals surface area contributed by atoms with E-state index in [2.05, 4.69) is 16.2 Å². The lowest BCUT2D eigenvalue weighted by molar-refractivity contribution is 0.0736. The third kappa shape index (κ3) is 4.06. The van der Waals surface area contributed by atoms with Crippen LogP contribution in [0.1, 0.15) is 31.9 Å². The molecular formula is C22H22N2O3S2. The predicted octanol–water partition coefficient (Wildman–Crippen LogP) is 4.36. The van der Waals surface area contributed by atoms with Crippen molar-refractivity contribution in [3.63, 3.8) is 0 Å². The van der Waals surface area contributed by atoms with Crippen LogP contribution in [0.15, 0.2) is 58.8 Å². The Kier molecular flexibility index (Phi) is 5.19. The largest absolute Gasteiger partial charge is 0.334 e. The number of nitrogens with one attached hydrogen (secondary N) is 1. The highest BCUT2D eigenvalue weighted by molar-refractivity contribution is 7.92. The first-order valence-electron chi connectivity index (χ1n) is 9.38. The van der Waals surface area contributed by atoms with E-state index in [1.807, 2.05) is 24.8 Å². The highest BCUT2D eigenvalue weighted by Gasteiger charge is 2.23. The van der Waals surface area contributed by atoms with Crippen molar-refractivity contribution in [2.75, 3.05) is 11.3 Å². The monoisotopic (exact) mass is 426 g/mol. The number of hydrogen-bond donors (Lipinski definition) is 1. The Hall–Kier alpha value is -2.64. The second-order valence-electron chi connectivity index (χ2n) is 7.27. The van der Waals surface area contributed by atoms with Crippen LogP contribution in [0.4, 0.5) is 5.69 Å². The number of fused-ring (bicyclic) bond motifs is 1. The Morgan fingerprint density at radius 1 is 1.03 bits per heavy atom. The van der Waals surface area contributed by atoms with E-state index in [1.54, 1.807) is 35.6 Å². The molecule has 1 N–H and O–H groups in total. The smallest absolute Gasteiger partial charge is 0.261 e. The van der Waals surface area contributed by atoms with Gasteiger partial charge in [-0.3, -0.25) is 9.52 Å². The van der Waals surface area contributed by atoms with Gasteiger partial charge >= 0.3 is 0 Å². The lowest BCUT2D eigenvalue weighted by Gasteiger charge is -2.27. The summed E-state index contributed by atoms with van der Waals surface area (Å²) >= 11 is 1.73. The molecule has 2 aromatic carbocycles. The molecule has 1 aliphatic rings. The number of carbonyl (C=O) groups is 1. The number of carbonyl (C=O) groups excluding carboxylic acids is 1. The van der Waals surface area contributed by atoms with Gasteiger partial charge in [-0.25, -0.2) is 8.42 Å². The van der Waals surface area contributed by atoms with Crippen LogP contribution in [0.5, 0.6) is 0 Å². The van der Waals surface area contributed by atoms with E-state index in [4.69, 9.17) is 0 Å². The van der Waals surface area contributed by atoms with Crippen molar-refractivity contribution < 1.29 is 13.2 Å². The van der Waals surface area contributed by atoms with Gasteiger partial charge in [0.1, 0.15) is 0 Å². The van der Waals surface area contributed by atoms with E-state index in [-0.39, 0.29) is 10.8 Å². The van der Waals surface area contributed by atoms with Crippen LogP contribution in [0.25, 0.3) is 0 Å². The molecule has 1 aliphatic heterocycles. The van der Waals surface area contributed by atoms with Crippen molar-refractivity contribution in [3.05, 3.63) is 81.0 Å². The Bertz CT molecular complexity index is 1170. The van der Waals surface area contributed by atoms with Gasteiger partial charge in [-0.2, -0.15) is 0 Å². The molecule has 150 valence electrons. The Morgan fingerprint density at radius 3 is 2.52 bits per heavy atom. The third-order valence-electron chi connectivity index (χ3n) is 5.27. The zero-order chi connectivity index (χ0) is 20.6. The summed E-state index contributed by atoms with van der Waals surface area (Å²) in [7, 11) is -3.72. The fourth-order valence-corrected chi connectivity index (χ4v) is 5.34. The number of sulfonamides is 1. The molecule has 0 saturated heterocycles. The van der Waals surface area contributed by atoms with E-state index < -0.39 is 10.0 Å². The van der Waals surface area contributed by atoms with Crippen molar-refractivity contribution in [3.8, 4) is 0 Å². The maximum Gasteiger partial charge on any atom is 0.261 e. The third-order valence-corrected chi connectivity index (χ3v) is 7.69. The van der Waals surface area contributed by atoms with E-state index in [1.165, 1.54) is 22.6 Å². The first-order chi connectivity index (χ1) is 13.8. The fourth-order valence-electron chi connectivity index (χ4n) is 3.40. The van der Waals surface area contributed by atoms with E-state index >= 15 is 0 Å². The summed E-state index contributed by atoms with van der Waals surface area (Å²) in [5.41, 5.74) is 4.33. The predicted molar refractivity (Wildman–Crippen MR) is 116 cm³/mol. The Morgan fingerprint density at radius 2 is 1.79 bits per heavy atom. The summed E-state index contributed by atoms with van der Waals surface area (Å²) in [5, 5.41) is 2.06. The van der Waals surface area contributed by atoms with Crippen LogP contribution in [-0.2, 0) is 23.0 Å². The minimum atomic E-state index is -3.72. The minimum Gasteiger partial charge on any atom is -0.334 e. The summed E-state index contributed by atoms with van der Waals surface area (Å²) in [6.45, 7) is 5.20. The van der Waals surface area contributed by atoms with Gasteiger partial charge in [0, 0.05) is 29.2 Å². The first kappa shape index (κ1) is 19.7. The second-order valence-corrected chi connectivity index (χ2v) is 9.96. The minimum absolute atomic E-state index is 0.0760. The van der Waals surface area contributed by atoms with Gasteiger partial charge in [0.05, 0.1) is 4.90 Å². The lowest BCUT2D eigenvalue weighted by atomic mass is 10.1. The first-order valence-corrected chi connectivity index (χ1v) is 11.7. The molecule has 2 heterocycles. The number of rotatable bonds is 4. The van der Waals surface area contributed by atoms with Gasteiger partial charge < -0.3 is 4.90 Å². The number of amides is 1. The highest BCUT2D eigenvalue weighted by Crippen LogP contribution is 2.25. The molecule has 0 bridgehead atoms. The lowest BCUT2D eigenvalue weighted by Crippen LogP contribution is -2.35. The average molecular weight is 427 g/mol. The molecule has 4 rings (SSSR count). The number of anilines is 1. The molecule has 1 aromatic heterocycles. The van der Waals surface area contributed by atoms with E-state index in [0.717, 1.165) is 17.5 Å². The van der Waals surface area contributed by atoms with Gasteiger partial charge in [0.15, 0.2) is 0 Å². The van der Waals surface area contributed by atoms with Crippen molar-refractivity contribution in [1.82, 2.24) is 4.90 Å². The standard InChI is InChI=1S/C22H22N2O3S2/c1-15-3-6-19(13-16(15)2)23-29(26,27)20-7-4-17(5-8-20)22(25)24-11-9-21-18(14-24)10-12-28-21/h3-8,10,12-13,23H,9,11,14H2,1-2H3. The quantitative estimate of drug-likeness (QED) is 0.674. The summed E-state index contributed by atoms with van der Waals surface area (Å²) in [4.78, 5) is 16.1. The van der Waals surface area contributed by atoms with Crippen LogP contribution in [0.2, 0.25) is 0 Å². The molecule has 0 unspecified atom stereocenters. The highest BCUT2D eigenvalue weighted by atomic mass is 32.2. The number of thiophene rings is 1. The average Bonchev–Trinajstić information content (AvgIpc) is 3.18. The molecule has 0 fully saturated rings. The SMILES string of the molecule is Cc1ccc(NS(=O)(=O)c2ccc(C(=O)N3CCc4sccc4C3)cc2)cc1C. The number of benzene rings is 2. The van der Waals surface area contributed by atoms with Gasteiger partial charge in [-0.15, -0.1) is 11.3 Å². The Balaban J connectivity index is 1.49. The number of aryl methyl sites for hydroxylation is 2. The molecule has 0 aliphatic carbocycles. The zero-order valence-electron chi connectivity index (χ0n) is 16.3. The van der Waals surface area contributed by atoms with E-state index in [9.17, 15) is 13.2 Å². The van der Waals surface area contributed by atoms with Crippen molar-refractivity contribution in [1.29, 1.82) is 0 Å². The number of nitrogens with zero attached hydrogens (tertiary/aromatic N) is 1. The molecule has 7 heteroatoms. The van der Waals surface area contributed by atoms with Crippen LogP contribution in [-0.4, -0.2) is 25.8 Å². The van der Waals surface area contributed by atoms with Crippen LogP contribution < -0.4 is 4.72 Å². The molecule has 1 amide bonds. The van der Waals surface area contributed by atoms with Crippen LogP contribution in [0, 0.1) is 13.8 Å². The molecule has 5 nitrogen and oxygen atoms in total. The molecule has 3 aromatic rings. The summed E-state index contributed by atoms with van der Waals surface area (Å²) in [5.74, 6) is -0.0760.